The number of carbonyl (C=O) groups is 1. The van der Waals surface area contributed by atoms with Crippen LogP contribution in [0.4, 0.5) is 18.9 Å². The van der Waals surface area contributed by atoms with Crippen molar-refractivity contribution in [2.24, 2.45) is 0 Å². The smallest absolute Gasteiger partial charge is 0.270 e. The third kappa shape index (κ3) is 3.13. The van der Waals surface area contributed by atoms with Gasteiger partial charge in [-0.15, -0.1) is 11.6 Å². The van der Waals surface area contributed by atoms with E-state index >= 15 is 0 Å². The summed E-state index contributed by atoms with van der Waals surface area (Å²) in [4.78, 5) is 10.9. The van der Waals surface area contributed by atoms with E-state index < -0.39 is 17.6 Å². The number of hydrogen-bond acceptors (Lipinski definition) is 1. The Balaban J connectivity index is 3.04. The number of benzene rings is 1. The van der Waals surface area contributed by atoms with Gasteiger partial charge >= 0.3 is 0 Å². The lowest BCUT2D eigenvalue weighted by molar-refractivity contribution is -0.114. The fourth-order valence-electron chi connectivity index (χ4n) is 1.08. The molecule has 0 spiro atoms. The van der Waals surface area contributed by atoms with Crippen LogP contribution in [0, 0.1) is 5.82 Å². The van der Waals surface area contributed by atoms with Crippen molar-refractivity contribution < 1.29 is 18.0 Å². The van der Waals surface area contributed by atoms with E-state index in [4.69, 9.17) is 11.6 Å². The minimum atomic E-state index is -3.09. The van der Waals surface area contributed by atoms with Crippen LogP contribution in [0.5, 0.6) is 0 Å². The van der Waals surface area contributed by atoms with E-state index in [1.54, 1.807) is 0 Å². The Labute approximate surface area is 95.4 Å². The highest BCUT2D eigenvalue weighted by Crippen LogP contribution is 2.29. The summed E-state index contributed by atoms with van der Waals surface area (Å²) in [6.07, 6.45) is 0. The topological polar surface area (TPSA) is 29.1 Å². The first-order valence-electron chi connectivity index (χ1n) is 4.38. The highest BCUT2D eigenvalue weighted by Gasteiger charge is 2.25. The van der Waals surface area contributed by atoms with Crippen LogP contribution in [0.2, 0.25) is 0 Å². The first-order valence-corrected chi connectivity index (χ1v) is 4.91. The van der Waals surface area contributed by atoms with Crippen LogP contribution < -0.4 is 5.32 Å². The van der Waals surface area contributed by atoms with Gasteiger partial charge < -0.3 is 5.32 Å². The average Bonchev–Trinajstić information content (AvgIpc) is 2.19. The highest BCUT2D eigenvalue weighted by atomic mass is 35.5. The van der Waals surface area contributed by atoms with Crippen molar-refractivity contribution in [3.63, 3.8) is 0 Å². The summed E-state index contributed by atoms with van der Waals surface area (Å²) in [6, 6.07) is 2.72. The molecule has 6 heteroatoms. The summed E-state index contributed by atoms with van der Waals surface area (Å²) >= 11 is 5.20. The van der Waals surface area contributed by atoms with E-state index in [-0.39, 0.29) is 17.1 Å². The van der Waals surface area contributed by atoms with Gasteiger partial charge in [-0.25, -0.2) is 13.2 Å². The van der Waals surface area contributed by atoms with Crippen molar-refractivity contribution in [3.05, 3.63) is 29.6 Å². The van der Waals surface area contributed by atoms with Crippen molar-refractivity contribution in [2.75, 3.05) is 11.2 Å². The van der Waals surface area contributed by atoms with Crippen LogP contribution in [0.15, 0.2) is 18.2 Å². The zero-order chi connectivity index (χ0) is 12.3. The summed E-state index contributed by atoms with van der Waals surface area (Å²) < 4.78 is 39.0. The summed E-state index contributed by atoms with van der Waals surface area (Å²) in [7, 11) is 0. The Kier molecular flexibility index (Phi) is 3.80. The minimum absolute atomic E-state index is 0.301. The molecule has 0 heterocycles. The Morgan fingerprint density at radius 3 is 2.62 bits per heavy atom. The molecule has 0 aromatic heterocycles. The molecule has 0 radical (unpaired) electrons. The second kappa shape index (κ2) is 4.74. The lowest BCUT2D eigenvalue weighted by Crippen LogP contribution is -2.15. The van der Waals surface area contributed by atoms with Gasteiger partial charge in [0.05, 0.1) is 5.69 Å². The van der Waals surface area contributed by atoms with Crippen molar-refractivity contribution >= 4 is 23.2 Å². The molecule has 1 amide bonds. The molecule has 0 fully saturated rings. The number of amides is 1. The molecule has 0 bridgehead atoms. The lowest BCUT2D eigenvalue weighted by Gasteiger charge is -2.12. The quantitative estimate of drug-likeness (QED) is 0.822. The van der Waals surface area contributed by atoms with Gasteiger partial charge in [-0.1, -0.05) is 6.07 Å². The molecular formula is C10H9ClF3NO. The van der Waals surface area contributed by atoms with Gasteiger partial charge in [-0.05, 0) is 12.1 Å². The second-order valence-corrected chi connectivity index (χ2v) is 3.53. The number of halogens is 4. The van der Waals surface area contributed by atoms with E-state index in [2.05, 4.69) is 5.32 Å². The third-order valence-electron chi connectivity index (χ3n) is 1.87. The van der Waals surface area contributed by atoms with Crippen LogP contribution in [-0.2, 0) is 10.7 Å². The van der Waals surface area contributed by atoms with Crippen LogP contribution >= 0.6 is 11.6 Å². The Morgan fingerprint density at radius 2 is 2.12 bits per heavy atom. The molecule has 1 N–H and O–H groups in total. The van der Waals surface area contributed by atoms with Gasteiger partial charge in [-0.2, -0.15) is 0 Å². The molecule has 1 rings (SSSR count). The first-order chi connectivity index (χ1) is 7.34. The Morgan fingerprint density at radius 1 is 1.50 bits per heavy atom. The van der Waals surface area contributed by atoms with Crippen LogP contribution in [-0.4, -0.2) is 11.8 Å². The maximum absolute atomic E-state index is 13.2. The van der Waals surface area contributed by atoms with E-state index in [0.717, 1.165) is 18.2 Å². The van der Waals surface area contributed by atoms with Gasteiger partial charge in [0.1, 0.15) is 11.7 Å². The average molecular weight is 252 g/mol. The number of carbonyl (C=O) groups excluding carboxylic acids is 1. The number of rotatable bonds is 3. The number of hydrogen-bond donors (Lipinski definition) is 1. The fraction of sp³-hybridized carbons (Fsp3) is 0.300. The molecule has 1 aromatic carbocycles. The predicted octanol–water partition coefficient (Wildman–Crippen LogP) is 3.11. The van der Waals surface area contributed by atoms with Gasteiger partial charge in [0.25, 0.3) is 5.92 Å². The van der Waals surface area contributed by atoms with Crippen molar-refractivity contribution in [3.8, 4) is 0 Å². The molecule has 0 unspecified atom stereocenters. The summed E-state index contributed by atoms with van der Waals surface area (Å²) in [5.41, 5.74) is -0.677. The molecule has 0 saturated carbocycles. The van der Waals surface area contributed by atoms with Gasteiger partial charge in [0, 0.05) is 12.5 Å². The van der Waals surface area contributed by atoms with Crippen molar-refractivity contribution in [1.82, 2.24) is 0 Å². The molecule has 0 saturated heterocycles. The van der Waals surface area contributed by atoms with Gasteiger partial charge in [0.15, 0.2) is 0 Å². The zero-order valence-corrected chi connectivity index (χ0v) is 9.12. The van der Waals surface area contributed by atoms with Gasteiger partial charge in [0.2, 0.25) is 5.91 Å². The minimum Gasteiger partial charge on any atom is -0.323 e. The predicted molar refractivity (Wildman–Crippen MR) is 55.3 cm³/mol. The van der Waals surface area contributed by atoms with E-state index in [1.165, 1.54) is 0 Å². The molecule has 0 aliphatic rings. The van der Waals surface area contributed by atoms with Crippen molar-refractivity contribution in [2.45, 2.75) is 12.8 Å². The number of alkyl halides is 3. The van der Waals surface area contributed by atoms with E-state index in [1.807, 2.05) is 0 Å². The SMILES string of the molecule is CC(F)(F)c1ccc(F)c(NC(=O)CCl)c1. The maximum atomic E-state index is 13.2. The molecule has 1 aromatic rings. The molecule has 2 nitrogen and oxygen atoms in total. The molecule has 16 heavy (non-hydrogen) atoms. The standard InChI is InChI=1S/C10H9ClF3NO/c1-10(13,14)6-2-3-7(12)8(4-6)15-9(16)5-11/h2-4H,5H2,1H3,(H,15,16). The first kappa shape index (κ1) is 12.8. The Hall–Kier alpha value is -1.23. The zero-order valence-electron chi connectivity index (χ0n) is 8.36. The highest BCUT2D eigenvalue weighted by molar-refractivity contribution is 6.29. The normalized spacial score (nSPS) is 11.3. The third-order valence-corrected chi connectivity index (χ3v) is 2.11. The number of nitrogens with one attached hydrogen (secondary N) is 1. The van der Waals surface area contributed by atoms with Crippen LogP contribution in [0.1, 0.15) is 12.5 Å². The van der Waals surface area contributed by atoms with Crippen LogP contribution in [0.25, 0.3) is 0 Å². The number of anilines is 1. The fourth-order valence-corrected chi connectivity index (χ4v) is 1.14. The lowest BCUT2D eigenvalue weighted by atomic mass is 10.1. The summed E-state index contributed by atoms with van der Waals surface area (Å²) in [5.74, 6) is -4.90. The van der Waals surface area contributed by atoms with Crippen LogP contribution in [0.3, 0.4) is 0 Å². The molecule has 0 aliphatic carbocycles. The largest absolute Gasteiger partial charge is 0.323 e. The maximum Gasteiger partial charge on any atom is 0.270 e. The Bertz CT molecular complexity index is 404. The van der Waals surface area contributed by atoms with Gasteiger partial charge in [-0.3, -0.25) is 4.79 Å². The molecule has 88 valence electrons. The van der Waals surface area contributed by atoms with E-state index in [9.17, 15) is 18.0 Å². The van der Waals surface area contributed by atoms with E-state index in [0.29, 0.717) is 6.92 Å². The molecular weight excluding hydrogens is 243 g/mol. The molecule has 0 atom stereocenters. The molecule has 0 aliphatic heterocycles. The monoisotopic (exact) mass is 251 g/mol. The summed E-state index contributed by atoms with van der Waals surface area (Å²) in [6.45, 7) is 0.688. The second-order valence-electron chi connectivity index (χ2n) is 3.26. The van der Waals surface area contributed by atoms with Crippen molar-refractivity contribution in [1.29, 1.82) is 0 Å². The summed E-state index contributed by atoms with van der Waals surface area (Å²) in [5, 5.41) is 2.09.